The van der Waals surface area contributed by atoms with Gasteiger partial charge in [0.2, 0.25) is 0 Å². The highest BCUT2D eigenvalue weighted by Gasteiger charge is 2.09. The third kappa shape index (κ3) is 3.83. The van der Waals surface area contributed by atoms with E-state index in [9.17, 15) is 0 Å². The average molecular weight is 424 g/mol. The summed E-state index contributed by atoms with van der Waals surface area (Å²) in [6, 6.07) is 41.8. The molecule has 0 radical (unpaired) electrons. The van der Waals surface area contributed by atoms with E-state index in [-0.39, 0.29) is 0 Å². The van der Waals surface area contributed by atoms with Crippen LogP contribution in [0.1, 0.15) is 0 Å². The summed E-state index contributed by atoms with van der Waals surface area (Å²) in [7, 11) is 0. The number of benzene rings is 4. The van der Waals surface area contributed by atoms with E-state index in [0.29, 0.717) is 0 Å². The molecular weight excluding hydrogens is 402 g/mol. The van der Waals surface area contributed by atoms with Crippen LogP contribution in [0.2, 0.25) is 0 Å². The molecule has 4 aromatic carbocycles. The predicted molar refractivity (Wildman–Crippen MR) is 136 cm³/mol. The number of hydrogen-bond donors (Lipinski definition) is 0. The van der Waals surface area contributed by atoms with Gasteiger partial charge in [0.05, 0.1) is 5.69 Å². The van der Waals surface area contributed by atoms with Crippen molar-refractivity contribution in [3.05, 3.63) is 128 Å². The molecule has 0 saturated heterocycles. The van der Waals surface area contributed by atoms with Crippen LogP contribution >= 0.6 is 0 Å². The third-order valence-electron chi connectivity index (χ3n) is 5.94. The van der Waals surface area contributed by atoms with E-state index in [2.05, 4.69) is 84.9 Å². The van der Waals surface area contributed by atoms with E-state index in [1.54, 1.807) is 0 Å². The van der Waals surface area contributed by atoms with Crippen molar-refractivity contribution in [1.82, 2.24) is 4.98 Å². The largest absolute Gasteiger partial charge is 0.456 e. The number of pyridine rings is 1. The number of fused-ring (bicyclic) bond motifs is 1. The first kappa shape index (κ1) is 19.3. The predicted octanol–water partition coefficient (Wildman–Crippen LogP) is 8.50. The highest BCUT2D eigenvalue weighted by Crippen LogP contribution is 2.32. The number of hydrogen-bond acceptors (Lipinski definition) is 2. The summed E-state index contributed by atoms with van der Waals surface area (Å²) in [4.78, 5) is 4.73. The number of furan rings is 1. The van der Waals surface area contributed by atoms with Crippen LogP contribution in [0.25, 0.3) is 55.8 Å². The van der Waals surface area contributed by atoms with E-state index >= 15 is 0 Å². The topological polar surface area (TPSA) is 26.0 Å². The van der Waals surface area contributed by atoms with Crippen molar-refractivity contribution in [2.75, 3.05) is 0 Å². The molecule has 0 aliphatic rings. The van der Waals surface area contributed by atoms with Gasteiger partial charge in [-0.3, -0.25) is 4.98 Å². The monoisotopic (exact) mass is 423 g/mol. The lowest BCUT2D eigenvalue weighted by atomic mass is 10.00. The maximum atomic E-state index is 6.08. The Hall–Kier alpha value is -4.43. The Labute approximate surface area is 192 Å². The molecule has 0 unspecified atom stereocenters. The summed E-state index contributed by atoms with van der Waals surface area (Å²) < 4.78 is 6.08. The van der Waals surface area contributed by atoms with E-state index in [0.717, 1.165) is 50.2 Å². The summed E-state index contributed by atoms with van der Waals surface area (Å²) in [5.41, 5.74) is 8.66. The minimum Gasteiger partial charge on any atom is -0.456 e. The summed E-state index contributed by atoms with van der Waals surface area (Å²) in [6.45, 7) is 0. The Morgan fingerprint density at radius 3 is 1.88 bits per heavy atom. The quantitative estimate of drug-likeness (QED) is 0.284. The van der Waals surface area contributed by atoms with Crippen LogP contribution in [0.3, 0.4) is 0 Å². The molecule has 2 heteroatoms. The summed E-state index contributed by atoms with van der Waals surface area (Å²) in [5, 5.41) is 1.10. The van der Waals surface area contributed by atoms with Crippen molar-refractivity contribution in [3.63, 3.8) is 0 Å². The fraction of sp³-hybridized carbons (Fsp3) is 0. The maximum Gasteiger partial charge on any atom is 0.135 e. The van der Waals surface area contributed by atoms with Crippen LogP contribution in [0, 0.1) is 0 Å². The molecule has 2 heterocycles. The maximum absolute atomic E-state index is 6.08. The van der Waals surface area contributed by atoms with Gasteiger partial charge in [0.25, 0.3) is 0 Å². The van der Waals surface area contributed by atoms with Gasteiger partial charge in [0.15, 0.2) is 0 Å². The first-order chi connectivity index (χ1) is 16.3. The van der Waals surface area contributed by atoms with Gasteiger partial charge in [-0.05, 0) is 47.0 Å². The second-order valence-corrected chi connectivity index (χ2v) is 8.11. The highest BCUT2D eigenvalue weighted by atomic mass is 16.3. The minimum atomic E-state index is 0.888. The van der Waals surface area contributed by atoms with Gasteiger partial charge >= 0.3 is 0 Å². The van der Waals surface area contributed by atoms with E-state index in [4.69, 9.17) is 9.40 Å². The zero-order valence-corrected chi connectivity index (χ0v) is 18.0. The fourth-order valence-electron chi connectivity index (χ4n) is 4.19. The smallest absolute Gasteiger partial charge is 0.135 e. The van der Waals surface area contributed by atoms with Crippen molar-refractivity contribution in [1.29, 1.82) is 0 Å². The molecule has 0 amide bonds. The van der Waals surface area contributed by atoms with Crippen LogP contribution in [0.4, 0.5) is 0 Å². The Morgan fingerprint density at radius 2 is 1.12 bits per heavy atom. The number of nitrogens with zero attached hydrogens (tertiary/aromatic N) is 1. The van der Waals surface area contributed by atoms with Crippen molar-refractivity contribution in [2.24, 2.45) is 0 Å². The Kier molecular flexibility index (Phi) is 4.82. The lowest BCUT2D eigenvalue weighted by Crippen LogP contribution is -1.86. The van der Waals surface area contributed by atoms with Gasteiger partial charge in [0.1, 0.15) is 11.3 Å². The molecule has 0 aliphatic heterocycles. The molecular formula is C31H21NO. The highest BCUT2D eigenvalue weighted by molar-refractivity contribution is 5.88. The molecule has 0 atom stereocenters. The number of rotatable bonds is 4. The second kappa shape index (κ2) is 8.25. The van der Waals surface area contributed by atoms with Crippen molar-refractivity contribution in [3.8, 4) is 44.8 Å². The van der Waals surface area contributed by atoms with Gasteiger partial charge in [-0.1, -0.05) is 91.0 Å². The standard InChI is InChI=1S/C31H21NO/c1-3-8-22(9-4-1)27-14-16-29(32-21-27)26-13-7-12-24(18-26)25-15-17-30-28(19-25)20-31(33-30)23-10-5-2-6-11-23/h1-21H. The summed E-state index contributed by atoms with van der Waals surface area (Å²) in [6.07, 6.45) is 1.94. The lowest BCUT2D eigenvalue weighted by molar-refractivity contribution is 0.631. The second-order valence-electron chi connectivity index (χ2n) is 8.11. The summed E-state index contributed by atoms with van der Waals surface area (Å²) >= 11 is 0. The van der Waals surface area contributed by atoms with Crippen molar-refractivity contribution in [2.45, 2.75) is 0 Å². The van der Waals surface area contributed by atoms with Crippen molar-refractivity contribution >= 4 is 11.0 Å². The van der Waals surface area contributed by atoms with Gasteiger partial charge in [-0.2, -0.15) is 0 Å². The molecule has 0 fully saturated rings. The molecule has 2 aromatic heterocycles. The Balaban J connectivity index is 1.32. The van der Waals surface area contributed by atoms with E-state index in [1.807, 2.05) is 42.6 Å². The fourth-order valence-corrected chi connectivity index (χ4v) is 4.19. The molecule has 33 heavy (non-hydrogen) atoms. The molecule has 0 aliphatic carbocycles. The van der Waals surface area contributed by atoms with Crippen LogP contribution in [0.15, 0.2) is 132 Å². The zero-order chi connectivity index (χ0) is 22.0. The molecule has 0 bridgehead atoms. The van der Waals surface area contributed by atoms with Crippen molar-refractivity contribution < 1.29 is 4.42 Å². The molecule has 156 valence electrons. The first-order valence-electron chi connectivity index (χ1n) is 11.0. The van der Waals surface area contributed by atoms with Crippen LogP contribution in [0.5, 0.6) is 0 Å². The van der Waals surface area contributed by atoms with Gasteiger partial charge in [-0.15, -0.1) is 0 Å². The molecule has 6 aromatic rings. The SMILES string of the molecule is c1ccc(-c2ccc(-c3cccc(-c4ccc5oc(-c6ccccc6)cc5c4)c3)nc2)cc1. The van der Waals surface area contributed by atoms with Gasteiger partial charge < -0.3 is 4.42 Å². The van der Waals surface area contributed by atoms with E-state index in [1.165, 1.54) is 5.56 Å². The zero-order valence-electron chi connectivity index (χ0n) is 18.0. The van der Waals surface area contributed by atoms with Crippen LogP contribution in [-0.2, 0) is 0 Å². The molecule has 0 N–H and O–H groups in total. The van der Waals surface area contributed by atoms with Crippen LogP contribution < -0.4 is 0 Å². The Morgan fingerprint density at radius 1 is 0.455 bits per heavy atom. The normalized spacial score (nSPS) is 11.0. The summed E-state index contributed by atoms with van der Waals surface area (Å²) in [5.74, 6) is 0.888. The molecule has 0 spiro atoms. The third-order valence-corrected chi connectivity index (χ3v) is 5.94. The molecule has 6 rings (SSSR count). The minimum absolute atomic E-state index is 0.888. The lowest BCUT2D eigenvalue weighted by Gasteiger charge is -2.07. The molecule has 2 nitrogen and oxygen atoms in total. The molecule has 0 saturated carbocycles. The number of aromatic nitrogens is 1. The van der Waals surface area contributed by atoms with Crippen LogP contribution in [-0.4, -0.2) is 4.98 Å². The van der Waals surface area contributed by atoms with Gasteiger partial charge in [-0.25, -0.2) is 0 Å². The van der Waals surface area contributed by atoms with E-state index < -0.39 is 0 Å². The van der Waals surface area contributed by atoms with Gasteiger partial charge in [0, 0.05) is 28.3 Å². The Bertz CT molecular complexity index is 1530. The average Bonchev–Trinajstić information content (AvgIpc) is 3.34. The first-order valence-corrected chi connectivity index (χ1v) is 11.0.